The van der Waals surface area contributed by atoms with Crippen LogP contribution in [-0.2, 0) is 16.1 Å². The third kappa shape index (κ3) is 5.50. The summed E-state index contributed by atoms with van der Waals surface area (Å²) < 4.78 is 16.5. The Kier molecular flexibility index (Phi) is 6.05. The van der Waals surface area contributed by atoms with E-state index >= 15 is 0 Å². The average molecular weight is 374 g/mol. The van der Waals surface area contributed by atoms with Crippen molar-refractivity contribution in [1.29, 1.82) is 0 Å². The molecule has 1 saturated heterocycles. The molecule has 0 aromatic carbocycles. The molecule has 27 heavy (non-hydrogen) atoms. The number of nitrogens with zero attached hydrogens (tertiary/aromatic N) is 4. The summed E-state index contributed by atoms with van der Waals surface area (Å²) in [6.07, 6.45) is 4.95. The lowest BCUT2D eigenvalue weighted by molar-refractivity contribution is 0.00912. The number of hydrogen-bond donors (Lipinski definition) is 0. The zero-order valence-electron chi connectivity index (χ0n) is 16.1. The smallest absolute Gasteiger partial charge is 0.410 e. The molecule has 0 aliphatic carbocycles. The largest absolute Gasteiger partial charge is 0.444 e. The molecule has 0 unspecified atom stereocenters. The van der Waals surface area contributed by atoms with E-state index in [4.69, 9.17) is 14.0 Å². The van der Waals surface area contributed by atoms with Crippen LogP contribution >= 0.6 is 0 Å². The van der Waals surface area contributed by atoms with E-state index in [0.717, 1.165) is 18.4 Å². The molecule has 0 radical (unpaired) electrons. The molecule has 0 atom stereocenters. The molecule has 0 N–H and O–H groups in total. The number of aromatic nitrogens is 3. The Hall–Kier alpha value is -2.48. The first kappa shape index (κ1) is 19.3. The molecule has 1 amide bonds. The lowest BCUT2D eigenvalue weighted by atomic mass is 9.98. The quantitative estimate of drug-likeness (QED) is 0.793. The number of ether oxygens (including phenoxy) is 2. The summed E-state index contributed by atoms with van der Waals surface area (Å²) >= 11 is 0. The number of pyridine rings is 1. The molecule has 0 bridgehead atoms. The first-order chi connectivity index (χ1) is 12.9. The van der Waals surface area contributed by atoms with Gasteiger partial charge in [0.15, 0.2) is 5.76 Å². The SMILES string of the molecule is CC(C)(C)OC(=O)N1CCC(COCc2onnc2-c2ccncc2)CC1. The van der Waals surface area contributed by atoms with E-state index in [1.54, 1.807) is 17.3 Å². The molecule has 146 valence electrons. The van der Waals surface area contributed by atoms with Crippen LogP contribution in [0.1, 0.15) is 39.4 Å². The predicted molar refractivity (Wildman–Crippen MR) is 97.7 cm³/mol. The highest BCUT2D eigenvalue weighted by molar-refractivity contribution is 5.68. The molecule has 1 aliphatic heterocycles. The fourth-order valence-electron chi connectivity index (χ4n) is 2.96. The van der Waals surface area contributed by atoms with Crippen molar-refractivity contribution in [2.24, 2.45) is 5.92 Å². The maximum absolute atomic E-state index is 12.1. The van der Waals surface area contributed by atoms with E-state index in [1.165, 1.54) is 0 Å². The maximum atomic E-state index is 12.1. The van der Waals surface area contributed by atoms with Gasteiger partial charge in [0.25, 0.3) is 0 Å². The summed E-state index contributed by atoms with van der Waals surface area (Å²) in [6, 6.07) is 3.71. The zero-order valence-corrected chi connectivity index (χ0v) is 16.1. The van der Waals surface area contributed by atoms with Gasteiger partial charge in [-0.3, -0.25) is 4.98 Å². The minimum Gasteiger partial charge on any atom is -0.444 e. The van der Waals surface area contributed by atoms with Crippen LogP contribution in [0.15, 0.2) is 29.0 Å². The minimum atomic E-state index is -0.464. The molecular weight excluding hydrogens is 348 g/mol. The van der Waals surface area contributed by atoms with Crippen LogP contribution in [0.5, 0.6) is 0 Å². The zero-order chi connectivity index (χ0) is 19.3. The van der Waals surface area contributed by atoms with Gasteiger partial charge in [-0.15, -0.1) is 5.10 Å². The van der Waals surface area contributed by atoms with Gasteiger partial charge in [0, 0.05) is 36.3 Å². The van der Waals surface area contributed by atoms with E-state index in [9.17, 15) is 4.79 Å². The van der Waals surface area contributed by atoms with Crippen LogP contribution in [0, 0.1) is 5.92 Å². The van der Waals surface area contributed by atoms with Crippen molar-refractivity contribution in [2.45, 2.75) is 45.8 Å². The first-order valence-electron chi connectivity index (χ1n) is 9.19. The number of likely N-dealkylation sites (tertiary alicyclic amines) is 1. The molecule has 1 fully saturated rings. The summed E-state index contributed by atoms with van der Waals surface area (Å²) in [6.45, 7) is 7.94. The third-order valence-corrected chi connectivity index (χ3v) is 4.36. The fraction of sp³-hybridized carbons (Fsp3) is 0.579. The van der Waals surface area contributed by atoms with E-state index < -0.39 is 5.60 Å². The van der Waals surface area contributed by atoms with Crippen molar-refractivity contribution in [2.75, 3.05) is 19.7 Å². The molecule has 0 saturated carbocycles. The van der Waals surface area contributed by atoms with Crippen LogP contribution in [0.2, 0.25) is 0 Å². The standard InChI is InChI=1S/C19H26N4O4/c1-19(2,3)26-18(24)23-10-6-14(7-11-23)12-25-13-16-17(21-22-27-16)15-4-8-20-9-5-15/h4-5,8-9,14H,6-7,10-13H2,1-3H3. The minimum absolute atomic E-state index is 0.239. The Bertz CT molecular complexity index is 734. The van der Waals surface area contributed by atoms with Gasteiger partial charge in [0.2, 0.25) is 0 Å². The monoisotopic (exact) mass is 374 g/mol. The van der Waals surface area contributed by atoms with Crippen molar-refractivity contribution in [1.82, 2.24) is 20.3 Å². The van der Waals surface area contributed by atoms with Gasteiger partial charge < -0.3 is 18.9 Å². The van der Waals surface area contributed by atoms with Crippen LogP contribution in [0.4, 0.5) is 4.79 Å². The Labute approximate surface area is 158 Å². The molecule has 2 aromatic heterocycles. The average Bonchev–Trinajstić information content (AvgIpc) is 3.10. The second-order valence-electron chi connectivity index (χ2n) is 7.71. The van der Waals surface area contributed by atoms with Gasteiger partial charge in [0.1, 0.15) is 17.9 Å². The van der Waals surface area contributed by atoms with Crippen LogP contribution in [0.3, 0.4) is 0 Å². The van der Waals surface area contributed by atoms with Crippen molar-refractivity contribution in [3.05, 3.63) is 30.3 Å². The Balaban J connectivity index is 1.43. The number of rotatable bonds is 5. The van der Waals surface area contributed by atoms with Crippen molar-refractivity contribution in [3.63, 3.8) is 0 Å². The lowest BCUT2D eigenvalue weighted by Crippen LogP contribution is -2.42. The van der Waals surface area contributed by atoms with Crippen molar-refractivity contribution in [3.8, 4) is 11.3 Å². The summed E-state index contributed by atoms with van der Waals surface area (Å²) in [4.78, 5) is 17.9. The van der Waals surface area contributed by atoms with Crippen molar-refractivity contribution >= 4 is 6.09 Å². The number of carbonyl (C=O) groups is 1. The van der Waals surface area contributed by atoms with Gasteiger partial charge in [-0.2, -0.15) is 0 Å². The molecular formula is C19H26N4O4. The lowest BCUT2D eigenvalue weighted by Gasteiger charge is -2.33. The van der Waals surface area contributed by atoms with Crippen molar-refractivity contribution < 1.29 is 18.8 Å². The van der Waals surface area contributed by atoms with E-state index in [1.807, 2.05) is 32.9 Å². The second-order valence-corrected chi connectivity index (χ2v) is 7.71. The van der Waals surface area contributed by atoms with Gasteiger partial charge >= 0.3 is 6.09 Å². The Morgan fingerprint density at radius 3 is 2.63 bits per heavy atom. The van der Waals surface area contributed by atoms with Gasteiger partial charge in [-0.25, -0.2) is 4.79 Å². The molecule has 0 spiro atoms. The second kappa shape index (κ2) is 8.47. The highest BCUT2D eigenvalue weighted by Gasteiger charge is 2.27. The summed E-state index contributed by atoms with van der Waals surface area (Å²) in [5.41, 5.74) is 1.11. The van der Waals surface area contributed by atoms with Gasteiger partial charge in [-0.05, 0) is 51.7 Å². The predicted octanol–water partition coefficient (Wildman–Crippen LogP) is 3.30. The van der Waals surface area contributed by atoms with E-state index in [0.29, 0.717) is 43.7 Å². The molecule has 2 aromatic rings. The highest BCUT2D eigenvalue weighted by Crippen LogP contribution is 2.23. The third-order valence-electron chi connectivity index (χ3n) is 4.36. The van der Waals surface area contributed by atoms with Crippen LogP contribution < -0.4 is 0 Å². The fourth-order valence-corrected chi connectivity index (χ4v) is 2.96. The first-order valence-corrected chi connectivity index (χ1v) is 9.19. The van der Waals surface area contributed by atoms with Gasteiger partial charge in [0.05, 0.1) is 6.61 Å². The van der Waals surface area contributed by atoms with E-state index in [2.05, 4.69) is 15.4 Å². The maximum Gasteiger partial charge on any atom is 0.410 e. The number of piperidine rings is 1. The summed E-state index contributed by atoms with van der Waals surface area (Å²) in [5.74, 6) is 1.01. The normalized spacial score (nSPS) is 15.7. The molecule has 1 aliphatic rings. The topological polar surface area (TPSA) is 90.6 Å². The molecule has 8 nitrogen and oxygen atoms in total. The number of carbonyl (C=O) groups excluding carboxylic acids is 1. The Morgan fingerprint density at radius 1 is 1.26 bits per heavy atom. The summed E-state index contributed by atoms with van der Waals surface area (Å²) in [5, 5.41) is 7.67. The molecule has 3 heterocycles. The van der Waals surface area contributed by atoms with Gasteiger partial charge in [-0.1, -0.05) is 0 Å². The molecule has 3 rings (SSSR count). The number of amides is 1. The van der Waals surface area contributed by atoms with Crippen LogP contribution in [-0.4, -0.2) is 51.6 Å². The van der Waals surface area contributed by atoms with E-state index in [-0.39, 0.29) is 6.09 Å². The van der Waals surface area contributed by atoms with Crippen LogP contribution in [0.25, 0.3) is 11.3 Å². The number of hydrogen-bond acceptors (Lipinski definition) is 7. The Morgan fingerprint density at radius 2 is 1.96 bits per heavy atom. The highest BCUT2D eigenvalue weighted by atomic mass is 16.6. The summed E-state index contributed by atoms with van der Waals surface area (Å²) in [7, 11) is 0. The molecule has 8 heteroatoms.